The van der Waals surface area contributed by atoms with E-state index in [2.05, 4.69) is 6.92 Å². The van der Waals surface area contributed by atoms with E-state index in [-0.39, 0.29) is 23.4 Å². The monoisotopic (exact) mass is 390 g/mol. The fourth-order valence-electron chi connectivity index (χ4n) is 5.25. The normalized spacial score (nSPS) is 37.7. The summed E-state index contributed by atoms with van der Waals surface area (Å²) in [6, 6.07) is 0. The van der Waals surface area contributed by atoms with E-state index in [1.54, 1.807) is 26.8 Å². The standard InChI is InChI=1S/C22H30O6/c1-7-12(2)19(24)27-18-8-9-21(5)11-16-15(13(3)20(25)26-16)10-17(21)22(18,6)28-14(4)23/h7,16-18H,8-11H2,1-6H3/b12-7-/t16-,17+,18-,21+,22-/m0/s1. The van der Waals surface area contributed by atoms with E-state index >= 15 is 0 Å². The molecule has 2 saturated carbocycles. The Morgan fingerprint density at radius 3 is 2.54 bits per heavy atom. The number of rotatable bonds is 3. The van der Waals surface area contributed by atoms with Crippen LogP contribution in [0, 0.1) is 11.3 Å². The lowest BCUT2D eigenvalue weighted by Gasteiger charge is -2.57. The zero-order valence-electron chi connectivity index (χ0n) is 17.6. The van der Waals surface area contributed by atoms with Gasteiger partial charge in [-0.3, -0.25) is 4.79 Å². The molecule has 6 heteroatoms. The maximum atomic E-state index is 12.4. The average molecular weight is 390 g/mol. The van der Waals surface area contributed by atoms with Crippen molar-refractivity contribution in [2.45, 2.75) is 85.0 Å². The van der Waals surface area contributed by atoms with Crippen LogP contribution in [0.2, 0.25) is 0 Å². The van der Waals surface area contributed by atoms with Crippen LogP contribution in [0.5, 0.6) is 0 Å². The predicted molar refractivity (Wildman–Crippen MR) is 102 cm³/mol. The van der Waals surface area contributed by atoms with Gasteiger partial charge in [-0.2, -0.15) is 0 Å². The van der Waals surface area contributed by atoms with E-state index in [1.807, 2.05) is 6.92 Å². The van der Waals surface area contributed by atoms with Crippen molar-refractivity contribution in [2.75, 3.05) is 0 Å². The molecule has 2 fully saturated rings. The summed E-state index contributed by atoms with van der Waals surface area (Å²) in [5.41, 5.74) is 1.02. The van der Waals surface area contributed by atoms with Crippen LogP contribution in [0.4, 0.5) is 0 Å². The number of carbonyl (C=O) groups excluding carboxylic acids is 3. The molecule has 0 saturated heterocycles. The lowest BCUT2D eigenvalue weighted by molar-refractivity contribution is -0.220. The van der Waals surface area contributed by atoms with Gasteiger partial charge in [0.2, 0.25) is 0 Å². The molecule has 6 nitrogen and oxygen atoms in total. The molecule has 0 aromatic heterocycles. The van der Waals surface area contributed by atoms with Crippen LogP contribution in [0.25, 0.3) is 0 Å². The lowest BCUT2D eigenvalue weighted by atomic mass is 9.53. The molecule has 2 aliphatic carbocycles. The maximum Gasteiger partial charge on any atom is 0.334 e. The largest absolute Gasteiger partial charge is 0.455 e. The van der Waals surface area contributed by atoms with Gasteiger partial charge in [0.1, 0.15) is 17.8 Å². The first kappa shape index (κ1) is 20.6. The zero-order valence-corrected chi connectivity index (χ0v) is 17.6. The zero-order chi connectivity index (χ0) is 20.9. The lowest BCUT2D eigenvalue weighted by Crippen LogP contribution is -2.61. The Morgan fingerprint density at radius 1 is 1.25 bits per heavy atom. The Bertz CT molecular complexity index is 778. The summed E-state index contributed by atoms with van der Waals surface area (Å²) in [4.78, 5) is 36.5. The quantitative estimate of drug-likeness (QED) is 0.416. The molecule has 1 aliphatic heterocycles. The van der Waals surface area contributed by atoms with Crippen LogP contribution in [0.3, 0.4) is 0 Å². The second kappa shape index (κ2) is 7.05. The SMILES string of the molecule is C/C=C(/C)C(=O)O[C@H]1CC[C@]2(C)C[C@@H]3OC(=O)C(C)=C3C[C@H]2[C@]1(C)OC(C)=O. The smallest absolute Gasteiger partial charge is 0.334 e. The minimum atomic E-state index is -0.966. The van der Waals surface area contributed by atoms with Crippen molar-refractivity contribution in [3.8, 4) is 0 Å². The van der Waals surface area contributed by atoms with Gasteiger partial charge in [0.15, 0.2) is 0 Å². The minimum Gasteiger partial charge on any atom is -0.455 e. The molecule has 28 heavy (non-hydrogen) atoms. The van der Waals surface area contributed by atoms with Gasteiger partial charge in [-0.1, -0.05) is 13.0 Å². The fourth-order valence-corrected chi connectivity index (χ4v) is 5.25. The molecule has 0 N–H and O–H groups in total. The Morgan fingerprint density at radius 2 is 1.93 bits per heavy atom. The van der Waals surface area contributed by atoms with Crippen LogP contribution < -0.4 is 0 Å². The van der Waals surface area contributed by atoms with E-state index < -0.39 is 23.6 Å². The highest BCUT2D eigenvalue weighted by Crippen LogP contribution is 2.59. The molecule has 0 radical (unpaired) electrons. The Labute approximate surface area is 166 Å². The fraction of sp³-hybridized carbons (Fsp3) is 0.682. The van der Waals surface area contributed by atoms with Gasteiger partial charge in [0.05, 0.1) is 0 Å². The molecule has 5 atom stereocenters. The van der Waals surface area contributed by atoms with Crippen molar-refractivity contribution < 1.29 is 28.6 Å². The molecule has 0 aromatic rings. The third-order valence-electron chi connectivity index (χ3n) is 7.02. The van der Waals surface area contributed by atoms with Gasteiger partial charge in [0.25, 0.3) is 0 Å². The highest BCUT2D eigenvalue weighted by atomic mass is 16.6. The van der Waals surface area contributed by atoms with Crippen molar-refractivity contribution in [1.29, 1.82) is 0 Å². The van der Waals surface area contributed by atoms with Crippen LogP contribution in [0.15, 0.2) is 22.8 Å². The first-order valence-corrected chi connectivity index (χ1v) is 9.96. The maximum absolute atomic E-state index is 12.4. The Kier molecular flexibility index (Phi) is 5.19. The Hall–Kier alpha value is -2.11. The molecule has 154 valence electrons. The summed E-state index contributed by atoms with van der Waals surface area (Å²) < 4.78 is 17.2. The molecule has 3 aliphatic rings. The molecule has 3 rings (SSSR count). The molecular formula is C22H30O6. The number of hydrogen-bond acceptors (Lipinski definition) is 6. The average Bonchev–Trinajstić information content (AvgIpc) is 2.88. The highest BCUT2D eigenvalue weighted by molar-refractivity contribution is 5.91. The molecule has 0 aromatic carbocycles. The number of hydrogen-bond donors (Lipinski definition) is 0. The number of allylic oxidation sites excluding steroid dienone is 1. The van der Waals surface area contributed by atoms with Crippen molar-refractivity contribution >= 4 is 17.9 Å². The van der Waals surface area contributed by atoms with Gasteiger partial charge in [-0.25, -0.2) is 9.59 Å². The molecule has 0 amide bonds. The van der Waals surface area contributed by atoms with E-state index in [4.69, 9.17) is 14.2 Å². The number of ether oxygens (including phenoxy) is 3. The minimum absolute atomic E-state index is 0.0722. The van der Waals surface area contributed by atoms with E-state index in [0.29, 0.717) is 30.4 Å². The van der Waals surface area contributed by atoms with Crippen molar-refractivity contribution in [3.63, 3.8) is 0 Å². The summed E-state index contributed by atoms with van der Waals surface area (Å²) in [6.45, 7) is 10.7. The van der Waals surface area contributed by atoms with Crippen LogP contribution in [0.1, 0.15) is 67.2 Å². The van der Waals surface area contributed by atoms with Crippen molar-refractivity contribution in [3.05, 3.63) is 22.8 Å². The number of esters is 3. The van der Waals surface area contributed by atoms with Gasteiger partial charge in [-0.05, 0) is 64.4 Å². The number of fused-ring (bicyclic) bond motifs is 2. The van der Waals surface area contributed by atoms with Crippen LogP contribution in [-0.2, 0) is 28.6 Å². The number of carbonyl (C=O) groups is 3. The summed E-state index contributed by atoms with van der Waals surface area (Å²) in [6.07, 6.45) is 3.67. The third kappa shape index (κ3) is 3.27. The second-order valence-corrected chi connectivity index (χ2v) is 8.84. The van der Waals surface area contributed by atoms with Crippen molar-refractivity contribution in [1.82, 2.24) is 0 Å². The van der Waals surface area contributed by atoms with Crippen molar-refractivity contribution in [2.24, 2.45) is 11.3 Å². The second-order valence-electron chi connectivity index (χ2n) is 8.84. The third-order valence-corrected chi connectivity index (χ3v) is 7.02. The van der Waals surface area contributed by atoms with Gasteiger partial charge in [0, 0.05) is 24.0 Å². The van der Waals surface area contributed by atoms with E-state index in [0.717, 1.165) is 12.0 Å². The topological polar surface area (TPSA) is 78.9 Å². The molecule has 0 bridgehead atoms. The predicted octanol–water partition coefficient (Wildman–Crippen LogP) is 3.64. The first-order chi connectivity index (χ1) is 13.0. The van der Waals surface area contributed by atoms with Gasteiger partial charge < -0.3 is 14.2 Å². The molecular weight excluding hydrogens is 360 g/mol. The molecule has 0 unspecified atom stereocenters. The summed E-state index contributed by atoms with van der Waals surface area (Å²) in [7, 11) is 0. The first-order valence-electron chi connectivity index (χ1n) is 9.96. The molecule has 1 heterocycles. The van der Waals surface area contributed by atoms with Gasteiger partial charge in [-0.15, -0.1) is 0 Å². The van der Waals surface area contributed by atoms with Gasteiger partial charge >= 0.3 is 17.9 Å². The van der Waals surface area contributed by atoms with E-state index in [9.17, 15) is 14.4 Å². The van der Waals surface area contributed by atoms with Crippen LogP contribution in [-0.4, -0.2) is 35.7 Å². The molecule has 0 spiro atoms. The van der Waals surface area contributed by atoms with Crippen LogP contribution >= 0.6 is 0 Å². The summed E-state index contributed by atoms with van der Waals surface area (Å²) in [5.74, 6) is -1.12. The Balaban J connectivity index is 1.98. The summed E-state index contributed by atoms with van der Waals surface area (Å²) >= 11 is 0. The highest BCUT2D eigenvalue weighted by Gasteiger charge is 2.61. The van der Waals surface area contributed by atoms with E-state index in [1.165, 1.54) is 6.92 Å². The summed E-state index contributed by atoms with van der Waals surface area (Å²) in [5, 5.41) is 0.